The zero-order valence-corrected chi connectivity index (χ0v) is 80.9. The lowest BCUT2D eigenvalue weighted by Gasteiger charge is -2.43. The zero-order chi connectivity index (χ0) is 92.6. The summed E-state index contributed by atoms with van der Waals surface area (Å²) in [6, 6.07) is 65.9. The summed E-state index contributed by atoms with van der Waals surface area (Å²) in [5, 5.41) is 35.7. The Bertz CT molecular complexity index is 5930. The number of nitrogens with one attached hydrogen (secondary N) is 2. The van der Waals surface area contributed by atoms with E-state index in [1.54, 1.807) is 36.7 Å². The van der Waals surface area contributed by atoms with Crippen LogP contribution in [0.5, 0.6) is 6.01 Å². The first-order chi connectivity index (χ1) is 61.7. The number of rotatable bonds is 33. The highest BCUT2D eigenvalue weighted by molar-refractivity contribution is 7.10. The third-order valence-electron chi connectivity index (χ3n) is 23.3. The van der Waals surface area contributed by atoms with Crippen LogP contribution in [-0.2, 0) is 72.3 Å². The van der Waals surface area contributed by atoms with Crippen LogP contribution in [0, 0.1) is 16.7 Å². The third kappa shape index (κ3) is 26.8. The van der Waals surface area contributed by atoms with E-state index >= 15 is 0 Å². The van der Waals surface area contributed by atoms with Gasteiger partial charge in [-0.1, -0.05) is 312 Å². The van der Waals surface area contributed by atoms with E-state index in [-0.39, 0.29) is 39.4 Å². The molecule has 1 atom stereocenters. The molecule has 0 aliphatic heterocycles. The van der Waals surface area contributed by atoms with Crippen LogP contribution in [-0.4, -0.2) is 99.8 Å². The number of allylic oxidation sites excluding steroid dienone is 1. The largest absolute Gasteiger partial charge is 0.478 e. The number of aromatic amines is 2. The minimum atomic E-state index is -0.884. The second-order valence-electron chi connectivity index (χ2n) is 37.9. The molecular weight excluding hydrogens is 1640 g/mol. The van der Waals surface area contributed by atoms with E-state index in [0.717, 1.165) is 159 Å². The molecule has 14 rings (SSSR count). The number of thiophene rings is 2. The van der Waals surface area contributed by atoms with Gasteiger partial charge in [0.25, 0.3) is 6.01 Å². The first kappa shape index (κ1) is 97.6. The average molecular weight is 1770 g/mol. The number of fused-ring (bicyclic) bond motifs is 1. The summed E-state index contributed by atoms with van der Waals surface area (Å²) in [5.41, 5.74) is 22.4. The van der Waals surface area contributed by atoms with E-state index < -0.39 is 5.97 Å². The normalized spacial score (nSPS) is 12.3. The fourth-order valence-electron chi connectivity index (χ4n) is 16.5. The number of ether oxygens (including phenoxy) is 1. The van der Waals surface area contributed by atoms with Gasteiger partial charge in [-0.2, -0.15) is 35.8 Å². The Labute approximate surface area is 772 Å². The van der Waals surface area contributed by atoms with Crippen LogP contribution in [0.2, 0.25) is 0 Å². The number of ketones is 1. The number of carbonyl (C=O) groups is 3. The van der Waals surface area contributed by atoms with Crippen molar-refractivity contribution >= 4 is 63.5 Å². The smallest absolute Gasteiger partial charge is 0.332 e. The molecule has 7 aromatic carbocycles. The fourth-order valence-corrected chi connectivity index (χ4v) is 17.9. The van der Waals surface area contributed by atoms with Crippen LogP contribution in [0.15, 0.2) is 235 Å². The summed E-state index contributed by atoms with van der Waals surface area (Å²) >= 11 is 3.39. The summed E-state index contributed by atoms with van der Waals surface area (Å²) in [7, 11) is 0. The fraction of sp³-hybridized carbons (Fsp3) is 0.376. The van der Waals surface area contributed by atoms with E-state index in [1.807, 2.05) is 84.6 Å². The number of amides is 1. The molecule has 14 aromatic rings. The number of Topliss-reactive ketones (excluding diaryl/α,β-unsaturated/α-hetero) is 1. The molecule has 0 saturated carbocycles. The van der Waals surface area contributed by atoms with Crippen LogP contribution >= 0.6 is 22.7 Å². The lowest BCUT2D eigenvalue weighted by Crippen LogP contribution is -2.49. The molecule has 0 bridgehead atoms. The Balaban J connectivity index is 0.000000167. The summed E-state index contributed by atoms with van der Waals surface area (Å²) in [4.78, 5) is 55.6. The molecule has 0 spiro atoms. The molecule has 7 aromatic heterocycles. The minimum Gasteiger partial charge on any atom is -0.478 e. The van der Waals surface area contributed by atoms with Crippen molar-refractivity contribution in [1.82, 2.24) is 64.4 Å². The maximum absolute atomic E-state index is 13.3. The first-order valence-electron chi connectivity index (χ1n) is 45.7. The first-order valence-corrected chi connectivity index (χ1v) is 47.5. The molecule has 3 N–H and O–H groups in total. The highest BCUT2D eigenvalue weighted by Crippen LogP contribution is 2.39. The van der Waals surface area contributed by atoms with Crippen molar-refractivity contribution < 1.29 is 24.2 Å². The van der Waals surface area contributed by atoms with E-state index in [4.69, 9.17) is 14.7 Å². The van der Waals surface area contributed by atoms with E-state index in [0.29, 0.717) is 56.6 Å². The van der Waals surface area contributed by atoms with Gasteiger partial charge in [-0.25, -0.2) is 14.8 Å². The number of hydrogen-bond acceptors (Lipinski definition) is 13. The second kappa shape index (κ2) is 45.3. The van der Waals surface area contributed by atoms with Crippen molar-refractivity contribution in [2.24, 2.45) is 16.7 Å². The SMILES string of the molecule is CCCCC(=O)N(Cc1ccc(-c2ccccc2-c2cn[nH]n2)cc1)[C@@H](C(C)C)C(C)(C)C.CCCCc1ncc(/C=C(\Cc2cccs2)C(=O)O)n1Cc1ccc(C(C)(C)C)cc1.CCCCc1ncc(/C=C(\Cc2cccs2)C(C)(C)C)n1Cc1ccc(C(C)=O)cc1.CCOc1nc2cccc(C(C)(C)C)c2n1Cc1ccc(-c2ccccc2-c2cn[nH]n2)cc1. The number of carbonyl (C=O) groups excluding carboxylic acids is 2. The number of unbranched alkanes of at least 4 members (excludes halogenated alkanes) is 3. The number of aryl methyl sites for hydroxylation is 2. The van der Waals surface area contributed by atoms with Crippen molar-refractivity contribution in [3.8, 4) is 50.8 Å². The zero-order valence-electron chi connectivity index (χ0n) is 79.3. The topological polar surface area (TPSA) is 221 Å². The summed E-state index contributed by atoms with van der Waals surface area (Å²) in [5.74, 6) is 1.99. The third-order valence-corrected chi connectivity index (χ3v) is 25.0. The van der Waals surface area contributed by atoms with Gasteiger partial charge >= 0.3 is 5.97 Å². The molecule has 0 unspecified atom stereocenters. The summed E-state index contributed by atoms with van der Waals surface area (Å²) in [6.07, 6.45) is 21.7. The number of benzene rings is 7. The van der Waals surface area contributed by atoms with Gasteiger partial charge in [0.05, 0.1) is 60.4 Å². The molecule has 676 valence electrons. The van der Waals surface area contributed by atoms with Gasteiger partial charge in [-0.05, 0) is 157 Å². The number of carboxylic acid groups (broad SMARTS) is 1. The Morgan fingerprint density at radius 3 is 1.43 bits per heavy atom. The Morgan fingerprint density at radius 1 is 0.519 bits per heavy atom. The Kier molecular flexibility index (Phi) is 34.3. The van der Waals surface area contributed by atoms with Gasteiger partial charge in [0, 0.05) is 89.8 Å². The van der Waals surface area contributed by atoms with Crippen molar-refractivity contribution in [3.63, 3.8) is 0 Å². The number of aromatic nitrogens is 12. The van der Waals surface area contributed by atoms with Gasteiger partial charge in [0.1, 0.15) is 23.0 Å². The standard InChI is InChI=1S/C28H29N5O.C28H38N4O.C27H34N2OS.C26H32N2O2S/c1-5-34-27-30-24-12-8-11-23(28(2,3)4)26(24)33(27)18-19-13-15-20(16-14-19)21-9-6-7-10-22(21)25-17-29-32-31-25;1-7-8-13-26(33)32(27(20(2)3)28(4,5)6)19-21-14-16-22(17-15-21)23-11-9-10-12-24(23)25-18-29-31-30-25;1-6-7-10-26-28-18-24(16-23(27(3,4)5)17-25-9-8-15-31-25)29(26)19-21-11-13-22(14-12-21)20(2)30;1-5-6-9-24-27-17-22(15-20(25(29)30)16-23-8-7-14-31-23)28(24)18-19-10-12-21(13-11-19)26(2,3)4/h6-17H,5,18H2,1-4H3,(H,29,31,32);9-12,14-18,20,27H,7-8,13,19H2,1-6H3,(H,29,30,31);8-9,11-16,18H,6-7,10,17,19H2,1-5H3;7-8,10-15,17H,5-6,9,16,18H2,1-4H3,(H,29,30)/b;;23-16+;20-15+/t;27-;;/m.0../s1. The van der Waals surface area contributed by atoms with Crippen molar-refractivity contribution in [2.45, 2.75) is 245 Å². The molecule has 18 nitrogen and oxygen atoms in total. The maximum Gasteiger partial charge on any atom is 0.332 e. The molecule has 20 heteroatoms. The second-order valence-corrected chi connectivity index (χ2v) is 40.0. The average Bonchev–Trinajstić information content (AvgIpc) is 1.59. The predicted octanol–water partition coefficient (Wildman–Crippen LogP) is 26.5. The highest BCUT2D eigenvalue weighted by atomic mass is 32.1. The monoisotopic (exact) mass is 1770 g/mol. The van der Waals surface area contributed by atoms with Gasteiger partial charge in [0.2, 0.25) is 5.91 Å². The van der Waals surface area contributed by atoms with E-state index in [2.05, 4.69) is 323 Å². The predicted molar refractivity (Wildman–Crippen MR) is 532 cm³/mol. The van der Waals surface area contributed by atoms with Crippen molar-refractivity contribution in [1.29, 1.82) is 0 Å². The quantitative estimate of drug-likeness (QED) is 0.0258. The van der Waals surface area contributed by atoms with Crippen molar-refractivity contribution in [3.05, 3.63) is 306 Å². The molecule has 7 heterocycles. The van der Waals surface area contributed by atoms with Crippen LogP contribution in [0.1, 0.15) is 253 Å². The molecular formula is C109H133N13O5S2. The van der Waals surface area contributed by atoms with Crippen LogP contribution in [0.4, 0.5) is 0 Å². The maximum atomic E-state index is 13.3. The molecule has 0 aliphatic rings. The van der Waals surface area contributed by atoms with E-state index in [9.17, 15) is 19.5 Å². The van der Waals surface area contributed by atoms with E-state index in [1.165, 1.54) is 38.3 Å². The number of carboxylic acids is 1. The number of imidazole rings is 3. The van der Waals surface area contributed by atoms with Gasteiger partial charge in [0.15, 0.2) is 5.78 Å². The lowest BCUT2D eigenvalue weighted by molar-refractivity contribution is -0.138. The van der Waals surface area contributed by atoms with Gasteiger partial charge in [-0.3, -0.25) is 14.2 Å². The highest BCUT2D eigenvalue weighted by Gasteiger charge is 2.36. The lowest BCUT2D eigenvalue weighted by atomic mass is 9.78. The Morgan fingerprint density at radius 2 is 1.00 bits per heavy atom. The molecule has 0 radical (unpaired) electrons. The summed E-state index contributed by atoms with van der Waals surface area (Å²) in [6.45, 7) is 44.8. The Hall–Kier alpha value is -12.0. The molecule has 0 aliphatic carbocycles. The minimum absolute atomic E-state index is 0.00450. The number of hydrogen-bond donors (Lipinski definition) is 3. The molecule has 0 fully saturated rings. The molecule has 1 amide bonds. The van der Waals surface area contributed by atoms with Gasteiger partial charge in [-0.15, -0.1) is 22.7 Å². The summed E-state index contributed by atoms with van der Waals surface area (Å²) < 4.78 is 12.7. The molecule has 0 saturated heterocycles. The van der Waals surface area contributed by atoms with Crippen molar-refractivity contribution in [2.75, 3.05) is 6.61 Å². The number of nitrogens with zero attached hydrogens (tertiary/aromatic N) is 11. The van der Waals surface area contributed by atoms with Crippen LogP contribution in [0.25, 0.3) is 68.0 Å². The number of para-hydroxylation sites is 1. The van der Waals surface area contributed by atoms with Crippen LogP contribution in [0.3, 0.4) is 0 Å². The van der Waals surface area contributed by atoms with Crippen LogP contribution < -0.4 is 4.74 Å². The molecule has 129 heavy (non-hydrogen) atoms. The number of H-pyrrole nitrogens is 2. The number of aliphatic carboxylic acids is 1. The van der Waals surface area contributed by atoms with Gasteiger partial charge < -0.3 is 23.9 Å².